The first kappa shape index (κ1) is 20.2. The van der Waals surface area contributed by atoms with Crippen molar-refractivity contribution in [3.05, 3.63) is 98.2 Å². The molecule has 0 saturated heterocycles. The molecule has 108 valence electrons. The van der Waals surface area contributed by atoms with Crippen LogP contribution in [0.1, 0.15) is 26.7 Å². The third-order valence-corrected chi connectivity index (χ3v) is 2.14. The summed E-state index contributed by atoms with van der Waals surface area (Å²) in [6.07, 6.45) is 25.5. The normalized spacial score (nSPS) is 12.0. The van der Waals surface area contributed by atoms with E-state index in [9.17, 15) is 0 Å². The molecule has 0 nitrogen and oxygen atoms in total. The summed E-state index contributed by atoms with van der Waals surface area (Å²) in [5, 5.41) is 0. The van der Waals surface area contributed by atoms with Crippen LogP contribution in [-0.4, -0.2) is 0 Å². The highest BCUT2D eigenvalue weighted by atomic mass is 13.9. The van der Waals surface area contributed by atoms with Gasteiger partial charge in [-0.05, 0) is 32.3 Å². The molecule has 0 rings (SSSR count). The van der Waals surface area contributed by atoms with Crippen molar-refractivity contribution in [1.29, 1.82) is 0 Å². The molecule has 0 aliphatic heterocycles. The smallest absolute Gasteiger partial charge is 0.0244 e. The molecular formula is C20H28. The van der Waals surface area contributed by atoms with Crippen molar-refractivity contribution in [3.63, 3.8) is 0 Å². The Balaban J connectivity index is 0. The third kappa shape index (κ3) is 18.3. The van der Waals surface area contributed by atoms with Gasteiger partial charge in [0.25, 0.3) is 0 Å². The van der Waals surface area contributed by atoms with Gasteiger partial charge in [-0.15, -0.1) is 0 Å². The Morgan fingerprint density at radius 2 is 1.50 bits per heavy atom. The summed E-state index contributed by atoms with van der Waals surface area (Å²) in [5.74, 6) is 0. The lowest BCUT2D eigenvalue weighted by Crippen LogP contribution is -1.76. The van der Waals surface area contributed by atoms with Crippen LogP contribution < -0.4 is 0 Å². The monoisotopic (exact) mass is 268 g/mol. The molecular weight excluding hydrogens is 240 g/mol. The second-order valence-electron chi connectivity index (χ2n) is 3.83. The van der Waals surface area contributed by atoms with Crippen molar-refractivity contribution in [2.24, 2.45) is 0 Å². The fourth-order valence-electron chi connectivity index (χ4n) is 1.28. The van der Waals surface area contributed by atoms with Crippen molar-refractivity contribution < 1.29 is 0 Å². The first-order valence-corrected chi connectivity index (χ1v) is 6.89. The quantitative estimate of drug-likeness (QED) is 0.441. The Morgan fingerprint density at radius 3 is 2.00 bits per heavy atom. The van der Waals surface area contributed by atoms with Gasteiger partial charge in [-0.2, -0.15) is 0 Å². The summed E-state index contributed by atoms with van der Waals surface area (Å²) in [5.41, 5.74) is 1.31. The molecule has 20 heavy (non-hydrogen) atoms. The lowest BCUT2D eigenvalue weighted by atomic mass is 10.1. The number of hydrogen-bond donors (Lipinski definition) is 0. The molecule has 0 atom stereocenters. The minimum atomic E-state index is 1.05. The summed E-state index contributed by atoms with van der Waals surface area (Å²) in [7, 11) is 0. The second kappa shape index (κ2) is 19.3. The summed E-state index contributed by atoms with van der Waals surface area (Å²) in [4.78, 5) is 0. The van der Waals surface area contributed by atoms with E-state index >= 15 is 0 Å². The molecule has 0 N–H and O–H groups in total. The van der Waals surface area contributed by atoms with Gasteiger partial charge in [0.2, 0.25) is 0 Å². The molecule has 0 unspecified atom stereocenters. The molecule has 0 aromatic heterocycles. The molecule has 0 bridgehead atoms. The van der Waals surface area contributed by atoms with Crippen LogP contribution in [0.25, 0.3) is 0 Å². The molecule has 0 spiro atoms. The molecule has 0 aliphatic carbocycles. The van der Waals surface area contributed by atoms with Gasteiger partial charge in [-0.1, -0.05) is 92.6 Å². The van der Waals surface area contributed by atoms with Crippen molar-refractivity contribution in [2.75, 3.05) is 0 Å². The van der Waals surface area contributed by atoms with E-state index in [1.54, 1.807) is 12.2 Å². The Hall–Kier alpha value is -2.08. The fraction of sp³-hybridized carbons (Fsp3) is 0.200. The largest absolute Gasteiger partial charge is 0.0991 e. The molecule has 0 saturated carbocycles. The van der Waals surface area contributed by atoms with Gasteiger partial charge in [0, 0.05) is 0 Å². The lowest BCUT2D eigenvalue weighted by Gasteiger charge is -1.96. The second-order valence-corrected chi connectivity index (χ2v) is 3.83. The molecule has 0 heteroatoms. The zero-order valence-corrected chi connectivity index (χ0v) is 13.0. The van der Waals surface area contributed by atoms with Crippen LogP contribution in [-0.2, 0) is 0 Å². The number of allylic oxidation sites excluding steroid dienone is 13. The van der Waals surface area contributed by atoms with Gasteiger partial charge in [-0.3, -0.25) is 0 Å². The van der Waals surface area contributed by atoms with Crippen molar-refractivity contribution >= 4 is 0 Å². The highest BCUT2D eigenvalue weighted by molar-refractivity contribution is 5.23. The Morgan fingerprint density at radius 1 is 0.800 bits per heavy atom. The van der Waals surface area contributed by atoms with E-state index in [1.807, 2.05) is 62.5 Å². The maximum Gasteiger partial charge on any atom is -0.0244 e. The third-order valence-electron chi connectivity index (χ3n) is 2.14. The van der Waals surface area contributed by atoms with Crippen LogP contribution in [0.15, 0.2) is 98.2 Å². The molecule has 0 radical (unpaired) electrons. The first-order chi connectivity index (χ1) is 9.76. The predicted octanol–water partition coefficient (Wildman–Crippen LogP) is 6.50. The van der Waals surface area contributed by atoms with E-state index in [0.717, 1.165) is 12.8 Å². The zero-order valence-electron chi connectivity index (χ0n) is 13.0. The highest BCUT2D eigenvalue weighted by Crippen LogP contribution is 2.07. The first-order valence-electron chi connectivity index (χ1n) is 6.89. The van der Waals surface area contributed by atoms with Gasteiger partial charge < -0.3 is 0 Å². The average molecular weight is 268 g/mol. The molecule has 0 aromatic rings. The minimum Gasteiger partial charge on any atom is -0.0991 e. The SMILES string of the molecule is C=C/C=C\C=C/C.C=C/C=C\CCC(/C=C\C)=C/C=C. The maximum atomic E-state index is 3.68. The van der Waals surface area contributed by atoms with Gasteiger partial charge in [-0.25, -0.2) is 0 Å². The van der Waals surface area contributed by atoms with Crippen LogP contribution in [0.2, 0.25) is 0 Å². The minimum absolute atomic E-state index is 1.05. The van der Waals surface area contributed by atoms with Crippen LogP contribution >= 0.6 is 0 Å². The molecule has 0 fully saturated rings. The molecule has 0 amide bonds. The standard InChI is InChI=1S/C13H18.C7H10/c1-4-7-8-9-12-13(10-5-2)11-6-3;1-3-5-7-6-4-2/h4-8,10-11H,1-2,9,12H2,3H3;3-7H,1H2,2H3/b8-7-,11-6-,13-10+;6-4-,7-5-. The summed E-state index contributed by atoms with van der Waals surface area (Å²) < 4.78 is 0. The molecule has 0 aromatic carbocycles. The number of rotatable bonds is 8. The highest BCUT2D eigenvalue weighted by Gasteiger charge is 1.87. The van der Waals surface area contributed by atoms with E-state index in [0.29, 0.717) is 0 Å². The van der Waals surface area contributed by atoms with Gasteiger partial charge in [0.15, 0.2) is 0 Å². The van der Waals surface area contributed by atoms with E-state index < -0.39 is 0 Å². The maximum absolute atomic E-state index is 3.68. The summed E-state index contributed by atoms with van der Waals surface area (Å²) >= 11 is 0. The summed E-state index contributed by atoms with van der Waals surface area (Å²) in [6.45, 7) is 14.8. The van der Waals surface area contributed by atoms with Crippen molar-refractivity contribution in [3.8, 4) is 0 Å². The molecule has 0 aliphatic rings. The Kier molecular flexibility index (Phi) is 19.5. The number of hydrogen-bond acceptors (Lipinski definition) is 0. The van der Waals surface area contributed by atoms with E-state index in [-0.39, 0.29) is 0 Å². The van der Waals surface area contributed by atoms with E-state index in [1.165, 1.54) is 5.57 Å². The lowest BCUT2D eigenvalue weighted by molar-refractivity contribution is 1.01. The van der Waals surface area contributed by atoms with E-state index in [2.05, 4.69) is 31.9 Å². The Bertz CT molecular complexity index is 384. The van der Waals surface area contributed by atoms with Crippen molar-refractivity contribution in [2.45, 2.75) is 26.7 Å². The molecule has 0 heterocycles. The Labute approximate surface area is 125 Å². The predicted molar refractivity (Wildman–Crippen MR) is 95.8 cm³/mol. The average Bonchev–Trinajstić information content (AvgIpc) is 2.45. The zero-order chi connectivity index (χ0) is 15.5. The fourth-order valence-corrected chi connectivity index (χ4v) is 1.28. The van der Waals surface area contributed by atoms with Gasteiger partial charge >= 0.3 is 0 Å². The van der Waals surface area contributed by atoms with Crippen LogP contribution in [0.4, 0.5) is 0 Å². The van der Waals surface area contributed by atoms with E-state index in [4.69, 9.17) is 0 Å². The van der Waals surface area contributed by atoms with Crippen LogP contribution in [0.3, 0.4) is 0 Å². The van der Waals surface area contributed by atoms with Crippen LogP contribution in [0.5, 0.6) is 0 Å². The van der Waals surface area contributed by atoms with Crippen LogP contribution in [0, 0.1) is 0 Å². The topological polar surface area (TPSA) is 0 Å². The summed E-state index contributed by atoms with van der Waals surface area (Å²) in [6, 6.07) is 0. The van der Waals surface area contributed by atoms with Crippen molar-refractivity contribution in [1.82, 2.24) is 0 Å². The van der Waals surface area contributed by atoms with Gasteiger partial charge in [0.05, 0.1) is 0 Å². The van der Waals surface area contributed by atoms with Gasteiger partial charge in [0.1, 0.15) is 0 Å².